The zero-order valence-electron chi connectivity index (χ0n) is 20.1. The number of piperidine rings is 1. The molecule has 8 heteroatoms. The van der Waals surface area contributed by atoms with Gasteiger partial charge in [0.1, 0.15) is 11.5 Å². The lowest BCUT2D eigenvalue weighted by molar-refractivity contribution is 0.0159. The molecule has 0 radical (unpaired) electrons. The molecular formula is C29H25N7O. The van der Waals surface area contributed by atoms with Gasteiger partial charge in [-0.2, -0.15) is 0 Å². The summed E-state index contributed by atoms with van der Waals surface area (Å²) in [5, 5.41) is 17.9. The van der Waals surface area contributed by atoms with Gasteiger partial charge in [-0.1, -0.05) is 36.4 Å². The number of aliphatic hydroxyl groups is 1. The van der Waals surface area contributed by atoms with Gasteiger partial charge in [-0.05, 0) is 37.1 Å². The summed E-state index contributed by atoms with van der Waals surface area (Å²) in [7, 11) is 0. The van der Waals surface area contributed by atoms with Gasteiger partial charge in [0.15, 0.2) is 5.82 Å². The normalized spacial score (nSPS) is 23.0. The zero-order chi connectivity index (χ0) is 24.6. The van der Waals surface area contributed by atoms with E-state index in [4.69, 9.17) is 9.97 Å². The fourth-order valence-corrected chi connectivity index (χ4v) is 6.29. The summed E-state index contributed by atoms with van der Waals surface area (Å²) < 4.78 is 0. The second-order valence-corrected chi connectivity index (χ2v) is 10.2. The summed E-state index contributed by atoms with van der Waals surface area (Å²) in [5.41, 5.74) is 4.96. The third kappa shape index (κ3) is 3.03. The fourth-order valence-electron chi connectivity index (χ4n) is 6.29. The molecule has 2 aliphatic heterocycles. The smallest absolute Gasteiger partial charge is 0.163 e. The van der Waals surface area contributed by atoms with Crippen molar-refractivity contribution in [1.82, 2.24) is 30.2 Å². The number of para-hydroxylation sites is 1. The van der Waals surface area contributed by atoms with Gasteiger partial charge >= 0.3 is 0 Å². The molecule has 6 heterocycles. The number of H-pyrrole nitrogens is 1. The van der Waals surface area contributed by atoms with Crippen molar-refractivity contribution in [1.29, 1.82) is 0 Å². The Morgan fingerprint density at radius 3 is 2.86 bits per heavy atom. The highest BCUT2D eigenvalue weighted by molar-refractivity contribution is 6.13. The first-order valence-corrected chi connectivity index (χ1v) is 12.8. The molecule has 2 atom stereocenters. The Morgan fingerprint density at radius 2 is 1.97 bits per heavy atom. The maximum atomic E-state index is 11.5. The minimum atomic E-state index is -0.765. The van der Waals surface area contributed by atoms with Gasteiger partial charge in [0, 0.05) is 52.9 Å². The standard InChI is InChI=1S/C29H25N7O/c37-29-10-13-36(23(29)9-11-30-16-29)28-25-20(17-4-3-5-17)14-31-15-22(25)34-26(35-28)19-8-12-32-27-24(19)18-6-1-2-7-21(18)33-27/h1-8,12,14-15,23,30,37H,9-11,13,16H2,(H,32,33)/t23-,29-/m0/s1. The quantitative estimate of drug-likeness (QED) is 0.354. The molecule has 5 aromatic rings. The lowest BCUT2D eigenvalue weighted by atomic mass is 9.89. The molecular weight excluding hydrogens is 462 g/mol. The molecule has 0 amide bonds. The van der Waals surface area contributed by atoms with Crippen LogP contribution in [-0.4, -0.2) is 61.3 Å². The van der Waals surface area contributed by atoms with Crippen molar-refractivity contribution in [3.63, 3.8) is 0 Å². The van der Waals surface area contributed by atoms with Crippen LogP contribution >= 0.6 is 0 Å². The van der Waals surface area contributed by atoms with Gasteiger partial charge in [-0.3, -0.25) is 4.98 Å². The minimum absolute atomic E-state index is 0.00262. The summed E-state index contributed by atoms with van der Waals surface area (Å²) in [5.74, 6) is 1.51. The number of hydrogen-bond donors (Lipinski definition) is 3. The molecule has 0 spiro atoms. The molecule has 1 aromatic carbocycles. The second kappa shape index (κ2) is 7.68. The van der Waals surface area contributed by atoms with Crippen LogP contribution in [0.4, 0.5) is 5.82 Å². The first kappa shape index (κ1) is 21.0. The zero-order valence-corrected chi connectivity index (χ0v) is 20.1. The molecule has 8 rings (SSSR count). The van der Waals surface area contributed by atoms with Crippen LogP contribution in [0.1, 0.15) is 18.4 Å². The Kier molecular flexibility index (Phi) is 4.36. The topological polar surface area (TPSA) is 103 Å². The number of rotatable bonds is 3. The summed E-state index contributed by atoms with van der Waals surface area (Å²) in [4.78, 5) is 25.2. The number of aromatic nitrogens is 5. The predicted molar refractivity (Wildman–Crippen MR) is 145 cm³/mol. The minimum Gasteiger partial charge on any atom is -0.386 e. The van der Waals surface area contributed by atoms with E-state index in [1.165, 1.54) is 0 Å². The van der Waals surface area contributed by atoms with E-state index in [0.717, 1.165) is 74.9 Å². The maximum Gasteiger partial charge on any atom is 0.163 e. The number of benzene rings is 1. The number of allylic oxidation sites excluding steroid dienone is 4. The summed E-state index contributed by atoms with van der Waals surface area (Å²) >= 11 is 0. The lowest BCUT2D eigenvalue weighted by Crippen LogP contribution is -2.56. The highest BCUT2D eigenvalue weighted by atomic mass is 16.3. The molecule has 37 heavy (non-hydrogen) atoms. The van der Waals surface area contributed by atoms with E-state index >= 15 is 0 Å². The predicted octanol–water partition coefficient (Wildman–Crippen LogP) is 3.98. The number of pyridine rings is 2. The Labute approximate surface area is 212 Å². The van der Waals surface area contributed by atoms with Crippen LogP contribution in [0.25, 0.3) is 49.8 Å². The van der Waals surface area contributed by atoms with E-state index in [-0.39, 0.29) is 6.04 Å². The number of nitrogens with zero attached hydrogens (tertiary/aromatic N) is 5. The van der Waals surface area contributed by atoms with E-state index in [0.29, 0.717) is 18.8 Å². The largest absolute Gasteiger partial charge is 0.386 e. The molecule has 0 bridgehead atoms. The van der Waals surface area contributed by atoms with Crippen molar-refractivity contribution >= 4 is 44.2 Å². The van der Waals surface area contributed by atoms with Gasteiger partial charge in [0.2, 0.25) is 0 Å². The second-order valence-electron chi connectivity index (χ2n) is 10.2. The monoisotopic (exact) mass is 487 g/mol. The number of aromatic amines is 1. The molecule has 3 N–H and O–H groups in total. The van der Waals surface area contributed by atoms with Gasteiger partial charge in [-0.25, -0.2) is 15.0 Å². The summed E-state index contributed by atoms with van der Waals surface area (Å²) in [6.45, 7) is 2.22. The number of nitrogens with one attached hydrogen (secondary N) is 2. The molecule has 8 nitrogen and oxygen atoms in total. The van der Waals surface area contributed by atoms with Crippen molar-refractivity contribution < 1.29 is 5.11 Å². The number of β-amino-alcohol motifs (C(OH)–C–C–N with tert-alkyl or cyclic N) is 1. The van der Waals surface area contributed by atoms with Crippen LogP contribution in [0, 0.1) is 0 Å². The van der Waals surface area contributed by atoms with E-state index in [2.05, 4.69) is 49.5 Å². The SMILES string of the molecule is O[C@]12CCN(c3nc(-c4ccnc5[nH]c6ccccc6c45)nc4cncc(C5=CC=C5)c34)[C@H]1CCNC2. The van der Waals surface area contributed by atoms with Gasteiger partial charge in [0.25, 0.3) is 0 Å². The van der Waals surface area contributed by atoms with Crippen LogP contribution in [0.15, 0.2) is 67.2 Å². The van der Waals surface area contributed by atoms with Gasteiger partial charge in [0.05, 0.1) is 28.7 Å². The summed E-state index contributed by atoms with van der Waals surface area (Å²) in [6.07, 6.45) is 13.3. The maximum absolute atomic E-state index is 11.5. The number of hydrogen-bond acceptors (Lipinski definition) is 7. The number of fused-ring (bicyclic) bond motifs is 5. The molecule has 3 aliphatic rings. The van der Waals surface area contributed by atoms with E-state index in [9.17, 15) is 5.11 Å². The molecule has 182 valence electrons. The average molecular weight is 488 g/mol. The van der Waals surface area contributed by atoms with E-state index in [1.54, 1.807) is 6.20 Å². The Balaban J connectivity index is 1.41. The Morgan fingerprint density at radius 1 is 1.05 bits per heavy atom. The van der Waals surface area contributed by atoms with Crippen molar-refractivity contribution in [2.24, 2.45) is 0 Å². The van der Waals surface area contributed by atoms with Crippen LogP contribution < -0.4 is 10.2 Å². The molecule has 0 saturated carbocycles. The lowest BCUT2D eigenvalue weighted by Gasteiger charge is -2.39. The number of anilines is 1. The molecule has 2 saturated heterocycles. The van der Waals surface area contributed by atoms with Crippen LogP contribution in [0.3, 0.4) is 0 Å². The van der Waals surface area contributed by atoms with Crippen molar-refractivity contribution in [3.05, 3.63) is 72.7 Å². The van der Waals surface area contributed by atoms with E-state index in [1.807, 2.05) is 36.7 Å². The first-order chi connectivity index (χ1) is 18.2. The third-order valence-electron chi connectivity index (χ3n) is 8.17. The average Bonchev–Trinajstić information content (AvgIpc) is 3.45. The molecule has 1 aliphatic carbocycles. The van der Waals surface area contributed by atoms with Crippen LogP contribution in [0.2, 0.25) is 0 Å². The van der Waals surface area contributed by atoms with Crippen molar-refractivity contribution in [2.75, 3.05) is 24.5 Å². The van der Waals surface area contributed by atoms with Crippen LogP contribution in [-0.2, 0) is 0 Å². The highest BCUT2D eigenvalue weighted by Gasteiger charge is 2.48. The molecule has 4 aromatic heterocycles. The Hall–Kier alpha value is -4.14. The third-order valence-corrected chi connectivity index (χ3v) is 8.17. The van der Waals surface area contributed by atoms with Crippen LogP contribution in [0.5, 0.6) is 0 Å². The summed E-state index contributed by atoms with van der Waals surface area (Å²) in [6, 6.07) is 10.2. The van der Waals surface area contributed by atoms with Crippen molar-refractivity contribution in [2.45, 2.75) is 24.5 Å². The Bertz CT molecular complexity index is 1790. The van der Waals surface area contributed by atoms with Gasteiger partial charge < -0.3 is 20.3 Å². The van der Waals surface area contributed by atoms with E-state index < -0.39 is 5.60 Å². The molecule has 0 unspecified atom stereocenters. The first-order valence-electron chi connectivity index (χ1n) is 12.8. The molecule has 2 fully saturated rings. The highest BCUT2D eigenvalue weighted by Crippen LogP contribution is 2.42. The fraction of sp³-hybridized carbons (Fsp3) is 0.241. The van der Waals surface area contributed by atoms with Crippen molar-refractivity contribution in [3.8, 4) is 11.4 Å². The van der Waals surface area contributed by atoms with Gasteiger partial charge in [-0.15, -0.1) is 0 Å².